The van der Waals surface area contributed by atoms with Crippen LogP contribution in [-0.2, 0) is 16.1 Å². The summed E-state index contributed by atoms with van der Waals surface area (Å²) in [6, 6.07) is 4.08. The summed E-state index contributed by atoms with van der Waals surface area (Å²) < 4.78 is 27.5. The van der Waals surface area contributed by atoms with E-state index in [1.807, 2.05) is 6.92 Å². The molecule has 1 aromatic carbocycles. The van der Waals surface area contributed by atoms with E-state index in [-0.39, 0.29) is 23.9 Å². The fourth-order valence-electron chi connectivity index (χ4n) is 4.25. The fourth-order valence-corrected chi connectivity index (χ4v) is 4.25. The number of hydrogen-bond acceptors (Lipinski definition) is 3. The van der Waals surface area contributed by atoms with Crippen molar-refractivity contribution in [3.05, 3.63) is 35.4 Å². The average molecular weight is 379 g/mol. The van der Waals surface area contributed by atoms with Crippen LogP contribution in [0.3, 0.4) is 0 Å². The van der Waals surface area contributed by atoms with Crippen LogP contribution in [0.25, 0.3) is 0 Å². The van der Waals surface area contributed by atoms with Crippen molar-refractivity contribution in [3.63, 3.8) is 0 Å². The maximum Gasteiger partial charge on any atom is 0.230 e. The lowest BCUT2D eigenvalue weighted by atomic mass is 9.78. The Kier molecular flexibility index (Phi) is 6.09. The van der Waals surface area contributed by atoms with Crippen LogP contribution in [0.1, 0.15) is 38.2 Å². The molecule has 2 aliphatic rings. The van der Waals surface area contributed by atoms with Crippen molar-refractivity contribution in [2.45, 2.75) is 39.2 Å². The summed E-state index contributed by atoms with van der Waals surface area (Å²) in [6.07, 6.45) is 2.85. The van der Waals surface area contributed by atoms with E-state index in [0.717, 1.165) is 31.9 Å². The molecule has 5 nitrogen and oxygen atoms in total. The van der Waals surface area contributed by atoms with Crippen molar-refractivity contribution in [1.29, 1.82) is 0 Å². The van der Waals surface area contributed by atoms with Gasteiger partial charge >= 0.3 is 0 Å². The third kappa shape index (κ3) is 4.29. The molecule has 148 valence electrons. The van der Waals surface area contributed by atoms with Crippen LogP contribution in [0.15, 0.2) is 18.2 Å². The zero-order valence-electron chi connectivity index (χ0n) is 15.8. The number of hydrogen-bond donors (Lipinski definition) is 1. The molecule has 0 radical (unpaired) electrons. The van der Waals surface area contributed by atoms with Crippen molar-refractivity contribution in [2.75, 3.05) is 32.7 Å². The van der Waals surface area contributed by atoms with Crippen LogP contribution >= 0.6 is 0 Å². The first-order valence-electron chi connectivity index (χ1n) is 9.66. The summed E-state index contributed by atoms with van der Waals surface area (Å²) >= 11 is 0. The van der Waals surface area contributed by atoms with E-state index < -0.39 is 17.0 Å². The van der Waals surface area contributed by atoms with E-state index >= 15 is 0 Å². The van der Waals surface area contributed by atoms with Gasteiger partial charge in [-0.25, -0.2) is 8.78 Å². The lowest BCUT2D eigenvalue weighted by molar-refractivity contribution is -0.146. The molecule has 2 amide bonds. The van der Waals surface area contributed by atoms with Crippen LogP contribution in [-0.4, -0.2) is 54.3 Å². The second kappa shape index (κ2) is 8.33. The van der Waals surface area contributed by atoms with Gasteiger partial charge in [-0.1, -0.05) is 12.1 Å². The molecule has 7 heteroatoms. The molecule has 0 aliphatic carbocycles. The fraction of sp³-hybridized carbons (Fsp3) is 0.600. The number of piperidine rings is 1. The molecular weight excluding hydrogens is 352 g/mol. The molecule has 0 saturated carbocycles. The topological polar surface area (TPSA) is 52.7 Å². The van der Waals surface area contributed by atoms with Gasteiger partial charge in [0, 0.05) is 44.7 Å². The Bertz CT molecular complexity index is 712. The summed E-state index contributed by atoms with van der Waals surface area (Å²) in [5.74, 6) is -1.71. The Morgan fingerprint density at radius 2 is 2.07 bits per heavy atom. The monoisotopic (exact) mass is 379 g/mol. The Morgan fingerprint density at radius 1 is 1.26 bits per heavy atom. The highest BCUT2D eigenvalue weighted by Crippen LogP contribution is 2.40. The molecule has 2 heterocycles. The van der Waals surface area contributed by atoms with Crippen LogP contribution in [0.5, 0.6) is 0 Å². The Morgan fingerprint density at radius 3 is 2.85 bits per heavy atom. The SMILES string of the molecule is CCNC(=O)CCN1CCC2(CCCN(Cc3cccc(F)c3F)C2=O)C1. The smallest absolute Gasteiger partial charge is 0.230 e. The summed E-state index contributed by atoms with van der Waals surface area (Å²) in [7, 11) is 0. The number of rotatable bonds is 6. The quantitative estimate of drug-likeness (QED) is 0.825. The molecule has 2 saturated heterocycles. The Hall–Kier alpha value is -2.02. The van der Waals surface area contributed by atoms with E-state index in [4.69, 9.17) is 0 Å². The lowest BCUT2D eigenvalue weighted by Crippen LogP contribution is -2.49. The zero-order valence-corrected chi connectivity index (χ0v) is 15.8. The minimum absolute atomic E-state index is 0.0247. The standard InChI is InChI=1S/C20H27F2N3O2/c1-2-23-17(26)7-11-24-12-9-20(14-24)8-4-10-25(19(20)27)13-15-5-3-6-16(21)18(15)22/h3,5-6H,2,4,7-14H2,1H3,(H,23,26). The number of amides is 2. The predicted molar refractivity (Wildman–Crippen MR) is 97.8 cm³/mol. The third-order valence-corrected chi connectivity index (χ3v) is 5.68. The van der Waals surface area contributed by atoms with Gasteiger partial charge in [0.25, 0.3) is 0 Å². The van der Waals surface area contributed by atoms with E-state index in [9.17, 15) is 18.4 Å². The Labute approximate surface area is 158 Å². The molecule has 1 aromatic rings. The van der Waals surface area contributed by atoms with E-state index in [0.29, 0.717) is 32.6 Å². The van der Waals surface area contributed by atoms with Crippen LogP contribution in [0, 0.1) is 17.0 Å². The van der Waals surface area contributed by atoms with Crippen molar-refractivity contribution in [3.8, 4) is 0 Å². The van der Waals surface area contributed by atoms with Gasteiger partial charge in [-0.2, -0.15) is 0 Å². The number of carbonyl (C=O) groups excluding carboxylic acids is 2. The molecular formula is C20H27F2N3O2. The van der Waals surface area contributed by atoms with Gasteiger partial charge in [0.1, 0.15) is 0 Å². The van der Waals surface area contributed by atoms with E-state index in [1.165, 1.54) is 12.1 Å². The molecule has 1 atom stereocenters. The van der Waals surface area contributed by atoms with Crippen LogP contribution in [0.4, 0.5) is 8.78 Å². The zero-order chi connectivity index (χ0) is 19.4. The van der Waals surface area contributed by atoms with Gasteiger partial charge in [-0.15, -0.1) is 0 Å². The number of nitrogens with zero attached hydrogens (tertiary/aromatic N) is 2. The highest BCUT2D eigenvalue weighted by Gasteiger charge is 2.48. The molecule has 2 aliphatic heterocycles. The number of nitrogens with one attached hydrogen (secondary N) is 1. The molecule has 0 aromatic heterocycles. The number of likely N-dealkylation sites (tertiary alicyclic amines) is 2. The molecule has 2 fully saturated rings. The van der Waals surface area contributed by atoms with Gasteiger partial charge in [0.2, 0.25) is 11.8 Å². The minimum atomic E-state index is -0.885. The molecule has 0 bridgehead atoms. The van der Waals surface area contributed by atoms with Gasteiger partial charge in [0.15, 0.2) is 11.6 Å². The first kappa shape index (κ1) is 19.7. The molecule has 1 spiro atoms. The van der Waals surface area contributed by atoms with Gasteiger partial charge in [0.05, 0.1) is 5.41 Å². The van der Waals surface area contributed by atoms with Crippen molar-refractivity contribution < 1.29 is 18.4 Å². The lowest BCUT2D eigenvalue weighted by Gasteiger charge is -2.39. The summed E-state index contributed by atoms with van der Waals surface area (Å²) in [6.45, 7) is 5.23. The first-order chi connectivity index (χ1) is 12.9. The Balaban J connectivity index is 1.63. The van der Waals surface area contributed by atoms with E-state index in [1.54, 1.807) is 4.90 Å². The van der Waals surface area contributed by atoms with Crippen LogP contribution in [0.2, 0.25) is 0 Å². The van der Waals surface area contributed by atoms with E-state index in [2.05, 4.69) is 10.2 Å². The van der Waals surface area contributed by atoms with Gasteiger partial charge in [-0.3, -0.25) is 9.59 Å². The maximum atomic E-state index is 14.0. The van der Waals surface area contributed by atoms with Gasteiger partial charge < -0.3 is 15.1 Å². The molecule has 27 heavy (non-hydrogen) atoms. The van der Waals surface area contributed by atoms with Crippen molar-refractivity contribution >= 4 is 11.8 Å². The maximum absolute atomic E-state index is 14.0. The highest BCUT2D eigenvalue weighted by molar-refractivity contribution is 5.84. The van der Waals surface area contributed by atoms with Crippen LogP contribution < -0.4 is 5.32 Å². The number of carbonyl (C=O) groups is 2. The first-order valence-corrected chi connectivity index (χ1v) is 9.66. The molecule has 3 rings (SSSR count). The molecule has 1 N–H and O–H groups in total. The number of halogens is 2. The van der Waals surface area contributed by atoms with Gasteiger partial charge in [-0.05, 0) is 38.8 Å². The highest BCUT2D eigenvalue weighted by atomic mass is 19.2. The molecule has 1 unspecified atom stereocenters. The largest absolute Gasteiger partial charge is 0.356 e. The minimum Gasteiger partial charge on any atom is -0.356 e. The summed E-state index contributed by atoms with van der Waals surface area (Å²) in [5.41, 5.74) is -0.241. The van der Waals surface area contributed by atoms with Crippen molar-refractivity contribution in [1.82, 2.24) is 15.1 Å². The third-order valence-electron chi connectivity index (χ3n) is 5.68. The number of benzene rings is 1. The second-order valence-corrected chi connectivity index (χ2v) is 7.55. The summed E-state index contributed by atoms with van der Waals surface area (Å²) in [5, 5.41) is 2.79. The van der Waals surface area contributed by atoms with Crippen molar-refractivity contribution in [2.24, 2.45) is 5.41 Å². The second-order valence-electron chi connectivity index (χ2n) is 7.55. The average Bonchev–Trinajstić information content (AvgIpc) is 3.05. The normalized spacial score (nSPS) is 23.2. The predicted octanol–water partition coefficient (Wildman–Crippen LogP) is 2.31. The summed E-state index contributed by atoms with van der Waals surface area (Å²) in [4.78, 5) is 28.6.